The molecule has 3 aliphatic rings. The smallest absolute Gasteiger partial charge is 0.334 e. The first-order chi connectivity index (χ1) is 11.8. The molecule has 0 aromatic heterocycles. The van der Waals surface area contributed by atoms with Crippen LogP contribution in [0.25, 0.3) is 0 Å². The molecule has 1 fully saturated rings. The Kier molecular flexibility index (Phi) is 4.75. The highest BCUT2D eigenvalue weighted by Crippen LogP contribution is 2.34. The number of ketones is 1. The molecule has 2 aliphatic heterocycles. The molecule has 0 radical (unpaired) electrons. The molecule has 25 heavy (non-hydrogen) atoms. The Morgan fingerprint density at radius 2 is 1.76 bits per heavy atom. The van der Waals surface area contributed by atoms with Crippen LogP contribution >= 0.6 is 0 Å². The van der Waals surface area contributed by atoms with Crippen LogP contribution in [0.15, 0.2) is 47.6 Å². The molecule has 3 atom stereocenters. The highest BCUT2D eigenvalue weighted by molar-refractivity contribution is 5.97. The maximum Gasteiger partial charge on any atom is 0.334 e. The summed E-state index contributed by atoms with van der Waals surface area (Å²) < 4.78 is 10.8. The highest BCUT2D eigenvalue weighted by Gasteiger charge is 2.37. The van der Waals surface area contributed by atoms with E-state index in [4.69, 9.17) is 9.47 Å². The van der Waals surface area contributed by atoms with E-state index in [9.17, 15) is 14.4 Å². The Hall–Kier alpha value is -2.43. The molecule has 1 saturated heterocycles. The second-order valence-corrected chi connectivity index (χ2v) is 6.92. The number of allylic oxidation sites excluding steroid dienone is 1. The fraction of sp³-hybridized carbons (Fsp3) is 0.450. The van der Waals surface area contributed by atoms with Crippen molar-refractivity contribution in [3.05, 3.63) is 47.6 Å². The zero-order valence-electron chi connectivity index (χ0n) is 14.4. The van der Waals surface area contributed by atoms with Crippen molar-refractivity contribution >= 4 is 17.7 Å². The van der Waals surface area contributed by atoms with Gasteiger partial charge in [0.05, 0.1) is 0 Å². The summed E-state index contributed by atoms with van der Waals surface area (Å²) in [6, 6.07) is 0. The van der Waals surface area contributed by atoms with Gasteiger partial charge < -0.3 is 9.47 Å². The van der Waals surface area contributed by atoms with Gasteiger partial charge in [0.15, 0.2) is 5.78 Å². The first-order valence-corrected chi connectivity index (χ1v) is 8.55. The molecule has 0 aromatic rings. The van der Waals surface area contributed by atoms with Crippen LogP contribution in [0.1, 0.15) is 39.0 Å². The Morgan fingerprint density at radius 1 is 1.00 bits per heavy atom. The number of ether oxygens (including phenoxy) is 2. The minimum atomic E-state index is -0.397. The van der Waals surface area contributed by atoms with E-state index in [0.29, 0.717) is 42.4 Å². The molecule has 0 unspecified atom stereocenters. The van der Waals surface area contributed by atoms with E-state index in [-0.39, 0.29) is 30.2 Å². The first-order valence-electron chi connectivity index (χ1n) is 8.55. The lowest BCUT2D eigenvalue weighted by Gasteiger charge is -2.17. The molecule has 0 aromatic carbocycles. The van der Waals surface area contributed by atoms with Crippen LogP contribution < -0.4 is 0 Å². The Balaban J connectivity index is 1.87. The minimum absolute atomic E-state index is 0.0617. The Labute approximate surface area is 147 Å². The van der Waals surface area contributed by atoms with Crippen molar-refractivity contribution in [2.75, 3.05) is 0 Å². The van der Waals surface area contributed by atoms with Crippen LogP contribution in [0.4, 0.5) is 0 Å². The van der Waals surface area contributed by atoms with Gasteiger partial charge in [0.2, 0.25) is 0 Å². The molecule has 5 heteroatoms. The van der Waals surface area contributed by atoms with Gasteiger partial charge in [0, 0.05) is 29.9 Å². The maximum absolute atomic E-state index is 12.2. The lowest BCUT2D eigenvalue weighted by Crippen LogP contribution is -2.16. The first kappa shape index (κ1) is 17.4. The Morgan fingerprint density at radius 3 is 2.52 bits per heavy atom. The van der Waals surface area contributed by atoms with Crippen LogP contribution in [0.2, 0.25) is 0 Å². The van der Waals surface area contributed by atoms with Gasteiger partial charge in [-0.2, -0.15) is 0 Å². The lowest BCUT2D eigenvalue weighted by molar-refractivity contribution is -0.139. The summed E-state index contributed by atoms with van der Waals surface area (Å²) in [4.78, 5) is 36.1. The molecule has 0 amide bonds. The minimum Gasteiger partial charge on any atom is -0.454 e. The molecule has 0 saturated carbocycles. The summed E-state index contributed by atoms with van der Waals surface area (Å²) in [5, 5.41) is 0. The van der Waals surface area contributed by atoms with E-state index in [2.05, 4.69) is 13.2 Å². The third-order valence-electron chi connectivity index (χ3n) is 5.00. The van der Waals surface area contributed by atoms with Crippen LogP contribution in [0.3, 0.4) is 0 Å². The summed E-state index contributed by atoms with van der Waals surface area (Å²) >= 11 is 0. The number of hydrogen-bond acceptors (Lipinski definition) is 5. The average Bonchev–Trinajstić information content (AvgIpc) is 3.02. The average molecular weight is 342 g/mol. The standard InChI is InChI=1S/C20H22O5/c1-11-8-15-10-14(20(23)24-15)5-7-17(21)12(2)4-6-16-13(3)19(22)25-18(16)9-11/h9-10,15-16,18H,2-8H2,1H3/b11-9-/t15-,16+,18+/m0/s1. The monoisotopic (exact) mass is 342 g/mol. The zero-order valence-corrected chi connectivity index (χ0v) is 14.4. The molecule has 132 valence electrons. The predicted octanol–water partition coefficient (Wildman–Crippen LogP) is 2.97. The van der Waals surface area contributed by atoms with E-state index in [1.807, 2.05) is 13.0 Å². The molecule has 2 heterocycles. The van der Waals surface area contributed by atoms with Crippen molar-refractivity contribution in [2.24, 2.45) is 5.92 Å². The molecular formula is C20H22O5. The number of Topliss-reactive ketones (excluding diaryl/α,β-unsaturated/α-hetero) is 1. The van der Waals surface area contributed by atoms with E-state index < -0.39 is 12.1 Å². The van der Waals surface area contributed by atoms with Crippen LogP contribution in [-0.2, 0) is 23.9 Å². The Bertz CT molecular complexity index is 724. The second kappa shape index (κ2) is 6.82. The molecule has 3 rings (SSSR count). The summed E-state index contributed by atoms with van der Waals surface area (Å²) in [6.07, 6.45) is 5.19. The number of carbonyl (C=O) groups is 3. The molecule has 1 aliphatic carbocycles. The lowest BCUT2D eigenvalue weighted by atomic mass is 9.88. The van der Waals surface area contributed by atoms with Gasteiger partial charge >= 0.3 is 11.9 Å². The van der Waals surface area contributed by atoms with Gasteiger partial charge in [0.25, 0.3) is 0 Å². The van der Waals surface area contributed by atoms with Crippen molar-refractivity contribution in [1.82, 2.24) is 0 Å². The normalized spacial score (nSPS) is 33.0. The van der Waals surface area contributed by atoms with E-state index in [1.165, 1.54) is 0 Å². The number of hydrogen-bond donors (Lipinski definition) is 0. The van der Waals surface area contributed by atoms with Crippen molar-refractivity contribution in [2.45, 2.75) is 51.2 Å². The van der Waals surface area contributed by atoms with Crippen LogP contribution in [0.5, 0.6) is 0 Å². The fourth-order valence-electron chi connectivity index (χ4n) is 3.51. The fourth-order valence-corrected chi connectivity index (χ4v) is 3.51. The van der Waals surface area contributed by atoms with Gasteiger partial charge in [-0.3, -0.25) is 4.79 Å². The number of rotatable bonds is 0. The third kappa shape index (κ3) is 3.65. The van der Waals surface area contributed by atoms with Crippen molar-refractivity contribution in [1.29, 1.82) is 0 Å². The van der Waals surface area contributed by atoms with E-state index >= 15 is 0 Å². The van der Waals surface area contributed by atoms with E-state index in [1.54, 1.807) is 6.08 Å². The third-order valence-corrected chi connectivity index (χ3v) is 5.00. The number of esters is 2. The van der Waals surface area contributed by atoms with Crippen molar-refractivity contribution in [3.8, 4) is 0 Å². The summed E-state index contributed by atoms with van der Waals surface area (Å²) in [6.45, 7) is 9.63. The summed E-state index contributed by atoms with van der Waals surface area (Å²) in [7, 11) is 0. The van der Waals surface area contributed by atoms with Crippen molar-refractivity contribution in [3.63, 3.8) is 0 Å². The zero-order chi connectivity index (χ0) is 18.1. The maximum atomic E-state index is 12.2. The predicted molar refractivity (Wildman–Crippen MR) is 91.5 cm³/mol. The van der Waals surface area contributed by atoms with Gasteiger partial charge in [-0.25, -0.2) is 9.59 Å². The van der Waals surface area contributed by atoms with Gasteiger partial charge in [-0.05, 0) is 43.9 Å². The topological polar surface area (TPSA) is 69.7 Å². The van der Waals surface area contributed by atoms with Gasteiger partial charge in [0.1, 0.15) is 12.2 Å². The molecule has 0 N–H and O–H groups in total. The SMILES string of the molecule is C=C1CC[C@@H]2C(=C)C(=O)O[C@@H]2/C=C(/C)C[C@H]2C=C(CCC1=O)C(=O)O2. The van der Waals surface area contributed by atoms with Gasteiger partial charge in [-0.15, -0.1) is 0 Å². The van der Waals surface area contributed by atoms with E-state index in [0.717, 1.165) is 5.57 Å². The largest absolute Gasteiger partial charge is 0.454 e. The molecule has 0 spiro atoms. The summed E-state index contributed by atoms with van der Waals surface area (Å²) in [5.74, 6) is -0.972. The van der Waals surface area contributed by atoms with Crippen LogP contribution in [-0.4, -0.2) is 29.9 Å². The number of carbonyl (C=O) groups excluding carboxylic acids is 3. The van der Waals surface area contributed by atoms with Crippen molar-refractivity contribution < 1.29 is 23.9 Å². The number of fused-ring (bicyclic) bond motifs is 2. The molecular weight excluding hydrogens is 320 g/mol. The second-order valence-electron chi connectivity index (χ2n) is 6.92. The quantitative estimate of drug-likeness (QED) is 0.384. The summed E-state index contributed by atoms with van der Waals surface area (Å²) in [5.41, 5.74) is 2.48. The van der Waals surface area contributed by atoms with Gasteiger partial charge in [-0.1, -0.05) is 18.7 Å². The highest BCUT2D eigenvalue weighted by atomic mass is 16.6. The van der Waals surface area contributed by atoms with Crippen LogP contribution in [0, 0.1) is 5.92 Å². The molecule has 2 bridgehead atoms. The molecule has 5 nitrogen and oxygen atoms in total.